The second-order valence-corrected chi connectivity index (χ2v) is 7.18. The fraction of sp³-hybridized carbons (Fsp3) is 0.304. The Balaban J connectivity index is 1.74. The van der Waals surface area contributed by atoms with Crippen molar-refractivity contribution in [1.82, 2.24) is 15.6 Å². The number of methoxy groups -OCH3 is 1. The molecule has 0 atom stereocenters. The van der Waals surface area contributed by atoms with Crippen LogP contribution in [0.3, 0.4) is 0 Å². The van der Waals surface area contributed by atoms with E-state index >= 15 is 0 Å². The van der Waals surface area contributed by atoms with Gasteiger partial charge in [-0.15, -0.1) is 0 Å². The molecule has 0 aliphatic rings. The molecule has 0 fully saturated rings. The van der Waals surface area contributed by atoms with Gasteiger partial charge in [0.2, 0.25) is 0 Å². The van der Waals surface area contributed by atoms with Crippen molar-refractivity contribution in [2.75, 3.05) is 33.2 Å². The first-order valence-corrected chi connectivity index (χ1v) is 10.0. The molecule has 7 nitrogen and oxygen atoms in total. The molecule has 0 aliphatic carbocycles. The highest BCUT2D eigenvalue weighted by Gasteiger charge is 2.12. The highest BCUT2D eigenvalue weighted by Crippen LogP contribution is 2.26. The van der Waals surface area contributed by atoms with Gasteiger partial charge < -0.3 is 25.0 Å². The number of halogens is 2. The van der Waals surface area contributed by atoms with Gasteiger partial charge in [-0.05, 0) is 35.9 Å². The van der Waals surface area contributed by atoms with Gasteiger partial charge in [0, 0.05) is 45.2 Å². The molecular formula is C23H27F2N5O2. The summed E-state index contributed by atoms with van der Waals surface area (Å²) in [6, 6.07) is 14.7. The molecule has 1 aromatic heterocycles. The van der Waals surface area contributed by atoms with Gasteiger partial charge in [0.15, 0.2) is 5.96 Å². The molecular weight excluding hydrogens is 416 g/mol. The number of guanidine groups is 1. The van der Waals surface area contributed by atoms with Crippen LogP contribution < -0.4 is 25.0 Å². The minimum atomic E-state index is -2.91. The lowest BCUT2D eigenvalue weighted by Gasteiger charge is -2.17. The monoisotopic (exact) mass is 443 g/mol. The van der Waals surface area contributed by atoms with Gasteiger partial charge >= 0.3 is 6.61 Å². The molecule has 9 heteroatoms. The molecule has 0 radical (unpaired) electrons. The Morgan fingerprint density at radius 1 is 1.06 bits per heavy atom. The number of aliphatic imine (C=N–C) groups is 1. The Hall–Kier alpha value is -3.62. The SMILES string of the molecule is CN=C(NCc1cc(OC)ccc1OC(F)F)NCc1cc(N(C)C)nc2ccccc12. The van der Waals surface area contributed by atoms with Crippen LogP contribution in [0, 0.1) is 0 Å². The van der Waals surface area contributed by atoms with E-state index in [4.69, 9.17) is 4.74 Å². The number of rotatable bonds is 8. The van der Waals surface area contributed by atoms with Crippen molar-refractivity contribution in [3.8, 4) is 11.5 Å². The fourth-order valence-corrected chi connectivity index (χ4v) is 3.22. The molecule has 0 bridgehead atoms. The zero-order valence-electron chi connectivity index (χ0n) is 18.5. The normalized spacial score (nSPS) is 11.5. The zero-order valence-corrected chi connectivity index (χ0v) is 18.5. The minimum absolute atomic E-state index is 0.0829. The van der Waals surface area contributed by atoms with Crippen LogP contribution >= 0.6 is 0 Å². The van der Waals surface area contributed by atoms with Gasteiger partial charge in [0.05, 0.1) is 12.6 Å². The Morgan fingerprint density at radius 2 is 1.78 bits per heavy atom. The van der Waals surface area contributed by atoms with Gasteiger partial charge in [-0.1, -0.05) is 18.2 Å². The number of anilines is 1. The number of para-hydroxylation sites is 1. The average Bonchev–Trinajstić information content (AvgIpc) is 2.79. The Labute approximate surface area is 186 Å². The van der Waals surface area contributed by atoms with E-state index in [1.165, 1.54) is 13.2 Å². The third kappa shape index (κ3) is 5.75. The maximum absolute atomic E-state index is 12.8. The number of aromatic nitrogens is 1. The van der Waals surface area contributed by atoms with Gasteiger partial charge in [-0.3, -0.25) is 4.99 Å². The number of benzene rings is 2. The second-order valence-electron chi connectivity index (χ2n) is 7.18. The maximum atomic E-state index is 12.8. The highest BCUT2D eigenvalue weighted by atomic mass is 19.3. The summed E-state index contributed by atoms with van der Waals surface area (Å²) in [6.07, 6.45) is 0. The Kier molecular flexibility index (Phi) is 7.64. The topological polar surface area (TPSA) is 71.0 Å². The van der Waals surface area contributed by atoms with Crippen LogP contribution in [0.25, 0.3) is 10.9 Å². The van der Waals surface area contributed by atoms with Gasteiger partial charge in [-0.2, -0.15) is 8.78 Å². The van der Waals surface area contributed by atoms with Crippen LogP contribution in [0.5, 0.6) is 11.5 Å². The fourth-order valence-electron chi connectivity index (χ4n) is 3.22. The molecule has 32 heavy (non-hydrogen) atoms. The number of alkyl halides is 2. The van der Waals surface area contributed by atoms with Crippen molar-refractivity contribution in [2.45, 2.75) is 19.7 Å². The third-order valence-electron chi connectivity index (χ3n) is 4.85. The molecule has 0 aliphatic heterocycles. The van der Waals surface area contributed by atoms with Gasteiger partial charge in [-0.25, -0.2) is 4.98 Å². The molecule has 3 rings (SSSR count). The predicted octanol–water partition coefficient (Wildman–Crippen LogP) is 3.78. The Morgan fingerprint density at radius 3 is 2.44 bits per heavy atom. The second kappa shape index (κ2) is 10.6. The maximum Gasteiger partial charge on any atom is 0.387 e. The van der Waals surface area contributed by atoms with Crippen molar-refractivity contribution in [1.29, 1.82) is 0 Å². The van der Waals surface area contributed by atoms with Gasteiger partial charge in [0.1, 0.15) is 17.3 Å². The van der Waals surface area contributed by atoms with E-state index in [9.17, 15) is 8.78 Å². The molecule has 1 heterocycles. The highest BCUT2D eigenvalue weighted by molar-refractivity contribution is 5.85. The third-order valence-corrected chi connectivity index (χ3v) is 4.85. The number of nitrogens with one attached hydrogen (secondary N) is 2. The van der Waals surface area contributed by atoms with Gasteiger partial charge in [0.25, 0.3) is 0 Å². The van der Waals surface area contributed by atoms with Crippen molar-refractivity contribution in [3.05, 3.63) is 59.7 Å². The molecule has 3 aromatic rings. The Bertz CT molecular complexity index is 1090. The van der Waals surface area contributed by atoms with Crippen LogP contribution in [-0.4, -0.2) is 45.8 Å². The molecule has 0 unspecified atom stereocenters. The predicted molar refractivity (Wildman–Crippen MR) is 123 cm³/mol. The summed E-state index contributed by atoms with van der Waals surface area (Å²) in [7, 11) is 7.05. The van der Waals surface area contributed by atoms with E-state index in [1.54, 1.807) is 19.2 Å². The first-order valence-electron chi connectivity index (χ1n) is 10.0. The number of hydrogen-bond donors (Lipinski definition) is 2. The summed E-state index contributed by atoms with van der Waals surface area (Å²) in [5, 5.41) is 7.46. The molecule has 0 saturated carbocycles. The smallest absolute Gasteiger partial charge is 0.387 e. The largest absolute Gasteiger partial charge is 0.497 e. The number of nitrogens with zero attached hydrogens (tertiary/aromatic N) is 3. The standard InChI is InChI=1S/C23H27F2N5O2/c1-26-23(28-14-16-11-17(31-4)9-10-20(16)32-22(24)25)27-13-15-12-21(30(2)3)29-19-8-6-5-7-18(15)19/h5-12,22H,13-14H2,1-4H3,(H2,26,27,28). The molecule has 2 N–H and O–H groups in total. The lowest BCUT2D eigenvalue weighted by molar-refractivity contribution is -0.0505. The zero-order chi connectivity index (χ0) is 23.1. The van der Waals surface area contributed by atoms with Crippen molar-refractivity contribution in [3.63, 3.8) is 0 Å². The van der Waals surface area contributed by atoms with Crippen LogP contribution in [0.2, 0.25) is 0 Å². The van der Waals surface area contributed by atoms with Crippen LogP contribution in [0.15, 0.2) is 53.5 Å². The minimum Gasteiger partial charge on any atom is -0.497 e. The molecule has 0 saturated heterocycles. The van der Waals surface area contributed by atoms with E-state index in [2.05, 4.69) is 25.3 Å². The van der Waals surface area contributed by atoms with Crippen LogP contribution in [0.1, 0.15) is 11.1 Å². The van der Waals surface area contributed by atoms with Crippen molar-refractivity contribution < 1.29 is 18.3 Å². The molecule has 2 aromatic carbocycles. The van der Waals surface area contributed by atoms with E-state index in [0.717, 1.165) is 22.3 Å². The number of pyridine rings is 1. The van der Waals surface area contributed by atoms with Crippen molar-refractivity contribution in [2.24, 2.45) is 4.99 Å². The average molecular weight is 443 g/mol. The number of ether oxygens (including phenoxy) is 2. The van der Waals surface area contributed by atoms with Crippen LogP contribution in [0.4, 0.5) is 14.6 Å². The molecule has 0 amide bonds. The summed E-state index contributed by atoms with van der Waals surface area (Å²) >= 11 is 0. The number of hydrogen-bond acceptors (Lipinski definition) is 5. The van der Waals surface area contributed by atoms with E-state index in [-0.39, 0.29) is 12.3 Å². The summed E-state index contributed by atoms with van der Waals surface area (Å²) in [4.78, 5) is 10.9. The van der Waals surface area contributed by atoms with Crippen LogP contribution in [-0.2, 0) is 13.1 Å². The molecule has 0 spiro atoms. The number of fused-ring (bicyclic) bond motifs is 1. The molecule has 170 valence electrons. The summed E-state index contributed by atoms with van der Waals surface area (Å²) in [5.74, 6) is 2.00. The summed E-state index contributed by atoms with van der Waals surface area (Å²) < 4.78 is 35.3. The van der Waals surface area contributed by atoms with E-state index in [0.29, 0.717) is 23.8 Å². The van der Waals surface area contributed by atoms with E-state index < -0.39 is 6.61 Å². The lowest BCUT2D eigenvalue weighted by atomic mass is 10.1. The summed E-state index contributed by atoms with van der Waals surface area (Å²) in [5.41, 5.74) is 2.49. The first kappa shape index (κ1) is 23.1. The van der Waals surface area contributed by atoms with Crippen molar-refractivity contribution >= 4 is 22.7 Å². The first-order chi connectivity index (χ1) is 15.4. The summed E-state index contributed by atoms with van der Waals surface area (Å²) in [6.45, 7) is -2.19. The quantitative estimate of drug-likeness (QED) is 0.408. The van der Waals surface area contributed by atoms with E-state index in [1.807, 2.05) is 49.3 Å². The lowest BCUT2D eigenvalue weighted by Crippen LogP contribution is -2.36.